The van der Waals surface area contributed by atoms with Crippen molar-refractivity contribution in [2.75, 3.05) is 6.54 Å². The highest BCUT2D eigenvalue weighted by Gasteiger charge is 2.36. The number of hydrogen-bond donors (Lipinski definition) is 2. The molecule has 0 saturated heterocycles. The minimum Gasteiger partial charge on any atom is -0.481 e. The number of carbonyl (C=O) groups is 1. The number of aliphatic carboxylic acids is 1. The summed E-state index contributed by atoms with van der Waals surface area (Å²) >= 11 is 0. The lowest BCUT2D eigenvalue weighted by molar-refractivity contribution is -0.149. The Morgan fingerprint density at radius 3 is 2.00 bits per heavy atom. The monoisotopic (exact) mass is 207 g/mol. The highest BCUT2D eigenvalue weighted by atomic mass is 35.5. The number of halogens is 1. The minimum absolute atomic E-state index is 0. The molecule has 0 aliphatic heterocycles. The van der Waals surface area contributed by atoms with Gasteiger partial charge in [-0.05, 0) is 12.8 Å². The third-order valence-electron chi connectivity index (χ3n) is 2.91. The lowest BCUT2D eigenvalue weighted by Crippen LogP contribution is -2.38. The molecule has 1 aliphatic carbocycles. The Balaban J connectivity index is 0.00000144. The molecule has 1 rings (SSSR count). The summed E-state index contributed by atoms with van der Waals surface area (Å²) in [4.78, 5) is 11.0. The van der Waals surface area contributed by atoms with Gasteiger partial charge in [-0.2, -0.15) is 0 Å². The molecule has 0 unspecified atom stereocenters. The maximum absolute atomic E-state index is 11.0. The van der Waals surface area contributed by atoms with E-state index in [2.05, 4.69) is 0 Å². The highest BCUT2D eigenvalue weighted by Crippen LogP contribution is 2.34. The summed E-state index contributed by atoms with van der Waals surface area (Å²) in [6, 6.07) is 0. The first kappa shape index (κ1) is 12.7. The Kier molecular flexibility index (Phi) is 5.33. The van der Waals surface area contributed by atoms with Gasteiger partial charge in [0.15, 0.2) is 0 Å². The maximum Gasteiger partial charge on any atom is 0.310 e. The van der Waals surface area contributed by atoms with E-state index >= 15 is 0 Å². The van der Waals surface area contributed by atoms with Gasteiger partial charge in [0.1, 0.15) is 0 Å². The summed E-state index contributed by atoms with van der Waals surface area (Å²) in [5.74, 6) is -0.702. The SMILES string of the molecule is Cl.NCC1(C(=O)O)CCCCCC1. The van der Waals surface area contributed by atoms with Crippen LogP contribution in [0.5, 0.6) is 0 Å². The molecule has 1 fully saturated rings. The minimum atomic E-state index is -0.702. The van der Waals surface area contributed by atoms with E-state index < -0.39 is 11.4 Å². The van der Waals surface area contributed by atoms with E-state index in [-0.39, 0.29) is 12.4 Å². The molecule has 0 aromatic rings. The average molecular weight is 208 g/mol. The van der Waals surface area contributed by atoms with Crippen LogP contribution in [0, 0.1) is 5.41 Å². The van der Waals surface area contributed by atoms with Gasteiger partial charge in [0, 0.05) is 6.54 Å². The third kappa shape index (κ3) is 2.85. The van der Waals surface area contributed by atoms with E-state index in [1.165, 1.54) is 0 Å². The fraction of sp³-hybridized carbons (Fsp3) is 0.889. The van der Waals surface area contributed by atoms with Crippen molar-refractivity contribution in [3.8, 4) is 0 Å². The zero-order chi connectivity index (χ0) is 9.03. The van der Waals surface area contributed by atoms with E-state index in [0.717, 1.165) is 38.5 Å². The summed E-state index contributed by atoms with van der Waals surface area (Å²) in [6.07, 6.45) is 5.88. The summed E-state index contributed by atoms with van der Waals surface area (Å²) in [6.45, 7) is 0.294. The lowest BCUT2D eigenvalue weighted by atomic mass is 9.81. The summed E-state index contributed by atoms with van der Waals surface area (Å²) in [7, 11) is 0. The number of rotatable bonds is 2. The van der Waals surface area contributed by atoms with Gasteiger partial charge in [-0.3, -0.25) is 4.79 Å². The molecular weight excluding hydrogens is 190 g/mol. The topological polar surface area (TPSA) is 63.3 Å². The van der Waals surface area contributed by atoms with Crippen LogP contribution in [0.2, 0.25) is 0 Å². The molecule has 0 radical (unpaired) electrons. The number of hydrogen-bond acceptors (Lipinski definition) is 2. The molecule has 1 saturated carbocycles. The van der Waals surface area contributed by atoms with Crippen molar-refractivity contribution in [1.82, 2.24) is 0 Å². The Labute approximate surface area is 85.1 Å². The third-order valence-corrected chi connectivity index (χ3v) is 2.91. The average Bonchev–Trinajstić information content (AvgIpc) is 2.29. The Hall–Kier alpha value is -0.280. The van der Waals surface area contributed by atoms with Crippen molar-refractivity contribution in [3.63, 3.8) is 0 Å². The molecule has 0 bridgehead atoms. The normalized spacial score (nSPS) is 21.3. The fourth-order valence-corrected chi connectivity index (χ4v) is 1.91. The van der Waals surface area contributed by atoms with E-state index in [0.29, 0.717) is 6.54 Å². The Morgan fingerprint density at radius 1 is 1.23 bits per heavy atom. The molecule has 0 aromatic heterocycles. The molecule has 0 spiro atoms. The van der Waals surface area contributed by atoms with Crippen LogP contribution in [0.3, 0.4) is 0 Å². The maximum atomic E-state index is 11.0. The fourth-order valence-electron chi connectivity index (χ4n) is 1.91. The molecular formula is C9H18ClNO2. The Morgan fingerprint density at radius 2 is 1.69 bits per heavy atom. The molecule has 3 nitrogen and oxygen atoms in total. The van der Waals surface area contributed by atoms with E-state index in [1.54, 1.807) is 0 Å². The first-order valence-electron chi connectivity index (χ1n) is 4.65. The zero-order valence-electron chi connectivity index (χ0n) is 7.79. The first-order chi connectivity index (χ1) is 5.71. The largest absolute Gasteiger partial charge is 0.481 e. The van der Waals surface area contributed by atoms with Gasteiger partial charge in [-0.25, -0.2) is 0 Å². The highest BCUT2D eigenvalue weighted by molar-refractivity contribution is 5.85. The van der Waals surface area contributed by atoms with Crippen molar-refractivity contribution < 1.29 is 9.90 Å². The molecule has 0 heterocycles. The predicted molar refractivity (Wildman–Crippen MR) is 54.1 cm³/mol. The van der Waals surface area contributed by atoms with Crippen LogP contribution in [0.15, 0.2) is 0 Å². The van der Waals surface area contributed by atoms with Gasteiger partial charge in [0.25, 0.3) is 0 Å². The van der Waals surface area contributed by atoms with E-state index in [4.69, 9.17) is 10.8 Å². The molecule has 1 aliphatic rings. The van der Waals surface area contributed by atoms with Crippen LogP contribution in [-0.2, 0) is 4.79 Å². The van der Waals surface area contributed by atoms with Crippen LogP contribution >= 0.6 is 12.4 Å². The quantitative estimate of drug-likeness (QED) is 0.679. The molecule has 13 heavy (non-hydrogen) atoms. The number of nitrogens with two attached hydrogens (primary N) is 1. The Bertz CT molecular complexity index is 165. The zero-order valence-corrected chi connectivity index (χ0v) is 8.61. The molecule has 0 aromatic carbocycles. The lowest BCUT2D eigenvalue weighted by Gasteiger charge is -2.25. The van der Waals surface area contributed by atoms with E-state index in [9.17, 15) is 4.79 Å². The van der Waals surface area contributed by atoms with Crippen molar-refractivity contribution in [2.45, 2.75) is 38.5 Å². The van der Waals surface area contributed by atoms with Crippen molar-refractivity contribution in [1.29, 1.82) is 0 Å². The first-order valence-corrected chi connectivity index (χ1v) is 4.65. The molecule has 78 valence electrons. The summed E-state index contributed by atoms with van der Waals surface area (Å²) in [5, 5.41) is 9.03. The molecule has 3 N–H and O–H groups in total. The second-order valence-electron chi connectivity index (χ2n) is 3.70. The second kappa shape index (κ2) is 5.45. The van der Waals surface area contributed by atoms with Crippen LogP contribution < -0.4 is 5.73 Å². The van der Waals surface area contributed by atoms with Gasteiger partial charge in [0.2, 0.25) is 0 Å². The standard InChI is InChI=1S/C9H17NO2.ClH/c10-7-9(8(11)12)5-3-1-2-4-6-9;/h1-7,10H2,(H,11,12);1H. The number of carboxylic acid groups (broad SMARTS) is 1. The van der Waals surface area contributed by atoms with Gasteiger partial charge in [-0.1, -0.05) is 25.7 Å². The van der Waals surface area contributed by atoms with Crippen LogP contribution in [-0.4, -0.2) is 17.6 Å². The van der Waals surface area contributed by atoms with Gasteiger partial charge < -0.3 is 10.8 Å². The number of carboxylic acids is 1. The van der Waals surface area contributed by atoms with Crippen molar-refractivity contribution >= 4 is 18.4 Å². The molecule has 0 amide bonds. The molecule has 0 atom stereocenters. The predicted octanol–water partition coefficient (Wildman–Crippen LogP) is 1.79. The van der Waals surface area contributed by atoms with Crippen molar-refractivity contribution in [3.05, 3.63) is 0 Å². The molecule has 4 heteroatoms. The van der Waals surface area contributed by atoms with Gasteiger partial charge >= 0.3 is 5.97 Å². The van der Waals surface area contributed by atoms with E-state index in [1.807, 2.05) is 0 Å². The van der Waals surface area contributed by atoms with Crippen LogP contribution in [0.1, 0.15) is 38.5 Å². The van der Waals surface area contributed by atoms with Crippen LogP contribution in [0.25, 0.3) is 0 Å². The van der Waals surface area contributed by atoms with Gasteiger partial charge in [-0.15, -0.1) is 12.4 Å². The smallest absolute Gasteiger partial charge is 0.310 e. The second-order valence-corrected chi connectivity index (χ2v) is 3.70. The summed E-state index contributed by atoms with van der Waals surface area (Å²) in [5.41, 5.74) is 4.93. The van der Waals surface area contributed by atoms with Crippen molar-refractivity contribution in [2.24, 2.45) is 11.1 Å². The van der Waals surface area contributed by atoms with Gasteiger partial charge in [0.05, 0.1) is 5.41 Å². The van der Waals surface area contributed by atoms with Crippen LogP contribution in [0.4, 0.5) is 0 Å². The summed E-state index contributed by atoms with van der Waals surface area (Å²) < 4.78 is 0.